The summed E-state index contributed by atoms with van der Waals surface area (Å²) >= 11 is 0.922. The zero-order chi connectivity index (χ0) is 55.9. The van der Waals surface area contributed by atoms with E-state index in [0.29, 0.717) is 35.2 Å². The van der Waals surface area contributed by atoms with Gasteiger partial charge in [0, 0.05) is 42.4 Å². The van der Waals surface area contributed by atoms with Crippen LogP contribution in [0, 0.1) is 6.92 Å². The van der Waals surface area contributed by atoms with Gasteiger partial charge in [0.2, 0.25) is 35.7 Å². The lowest BCUT2D eigenvalue weighted by atomic mass is 10.1. The van der Waals surface area contributed by atoms with Gasteiger partial charge in [-0.15, -0.1) is 8.67 Å². The Morgan fingerprint density at radius 3 is 1.47 bits per heavy atom. The van der Waals surface area contributed by atoms with Gasteiger partial charge in [-0.25, -0.2) is 10.5 Å². The zero-order valence-corrected chi connectivity index (χ0v) is 43.5. The van der Waals surface area contributed by atoms with Crippen molar-refractivity contribution in [2.45, 2.75) is 31.4 Å². The van der Waals surface area contributed by atoms with Crippen LogP contribution in [0.5, 0.6) is 0 Å². The molecule has 0 spiro atoms. The van der Waals surface area contributed by atoms with Crippen LogP contribution in [0.25, 0.3) is 12.2 Å². The van der Waals surface area contributed by atoms with Gasteiger partial charge < -0.3 is 51.5 Å². The van der Waals surface area contributed by atoms with Crippen LogP contribution >= 0.6 is 24.1 Å². The van der Waals surface area contributed by atoms with Gasteiger partial charge in [0.1, 0.15) is 9.79 Å². The Hall–Kier alpha value is -6.53. The normalized spacial score (nSPS) is 12.0. The summed E-state index contributed by atoms with van der Waals surface area (Å²) in [6, 6.07) is 15.4. The molecule has 0 aliphatic heterocycles. The number of aliphatic hydroxyl groups is 4. The van der Waals surface area contributed by atoms with Gasteiger partial charge in [-0.3, -0.25) is 13.7 Å². The summed E-state index contributed by atoms with van der Waals surface area (Å²) in [6.07, 6.45) is 2.72. The molecule has 36 heteroatoms. The van der Waals surface area contributed by atoms with Crippen LogP contribution in [-0.4, -0.2) is 152 Å². The summed E-state index contributed by atoms with van der Waals surface area (Å²) in [6.45, 7) is -0.232. The second-order valence-electron chi connectivity index (χ2n) is 15.3. The zero-order valence-electron chi connectivity index (χ0n) is 39.5. The second kappa shape index (κ2) is 27.2. The molecule has 0 aliphatic carbocycles. The van der Waals surface area contributed by atoms with Crippen molar-refractivity contribution in [3.63, 3.8) is 0 Å². The van der Waals surface area contributed by atoms with Crippen LogP contribution in [-0.2, 0) is 49.1 Å². The molecule has 77 heavy (non-hydrogen) atoms. The van der Waals surface area contributed by atoms with Gasteiger partial charge in [-0.1, -0.05) is 40.4 Å². The van der Waals surface area contributed by atoms with Crippen LogP contribution in [0.4, 0.5) is 58.4 Å². The predicted octanol–water partition coefficient (Wildman–Crippen LogP) is 3.69. The highest BCUT2D eigenvalue weighted by molar-refractivity contribution is 7.95. The van der Waals surface area contributed by atoms with Crippen molar-refractivity contribution in [3.8, 4) is 0 Å². The number of benzene rings is 4. The van der Waals surface area contributed by atoms with Crippen LogP contribution in [0.2, 0.25) is 0 Å². The summed E-state index contributed by atoms with van der Waals surface area (Å²) in [7, 11) is -14.5. The molecule has 0 bridgehead atoms. The molecule has 6 aromatic rings. The maximum atomic E-state index is 12.9. The van der Waals surface area contributed by atoms with E-state index >= 15 is 0 Å². The van der Waals surface area contributed by atoms with Gasteiger partial charge in [0.05, 0.1) is 71.7 Å². The Bertz CT molecular complexity index is 3400. The fraction of sp³-hybridized carbons (Fsp3) is 0.220. The first-order valence-corrected chi connectivity index (χ1v) is 27.4. The SMILES string of the molecule is Cc1ccc(S(=O)(=O)O)c(Nc2nc(Nc3ccc(C=Cc4ccc(Nc5nc(Nc6cc(S(=O)(=O)O)ccc6SOOO)nc(N(CCO)CCO)n5)cc4SOOO)c(S(=O)(=O)O)c3)nc(N(CCO)CCO)n2)c1. The molecule has 0 saturated heterocycles. The highest BCUT2D eigenvalue weighted by atomic mass is 32.2. The number of nitrogens with zero attached hydrogens (tertiary/aromatic N) is 8. The number of aliphatic hydroxyl groups excluding tert-OH is 4. The number of hydrogen-bond acceptors (Lipinski definition) is 30. The van der Waals surface area contributed by atoms with Crippen LogP contribution in [0.15, 0.2) is 97.3 Å². The second-order valence-corrected chi connectivity index (χ2v) is 21.0. The molecular weight excluding hydrogens is 1120 g/mol. The standard InChI is InChI=1S/C41H46N12O19S5/c1-24-2-11-34(76(63,64)65)31(20-24)45-39-47-37(49-41(51-39)53(14-18-56)15-19-57)43-28-8-6-26(35(22-28)77(66,67)68)4-3-25-5-7-27(21-33(25)74-72-70-59)42-36-46-38(50-40(48-36)52(12-16-54)13-17-55)44-30-23-29(75(60,61)62)9-10-32(30)73-71-69-58/h2-11,20-23,54-59H,12-19H2,1H3,(H,60,61,62)(H,63,64,65)(H,66,67,68)(H2,42,44,46,48,50)(H2,43,45,47,49,51). The summed E-state index contributed by atoms with van der Waals surface area (Å²) in [5.74, 6) is -1.24. The highest BCUT2D eigenvalue weighted by Crippen LogP contribution is 2.35. The lowest BCUT2D eigenvalue weighted by molar-refractivity contribution is -0.432. The van der Waals surface area contributed by atoms with Gasteiger partial charge in [0.25, 0.3) is 30.4 Å². The Balaban J connectivity index is 1.34. The number of anilines is 10. The third-order valence-corrected chi connectivity index (χ3v) is 14.0. The molecule has 2 aromatic heterocycles. The van der Waals surface area contributed by atoms with Gasteiger partial charge in [-0.2, -0.15) is 55.2 Å². The molecule has 0 aliphatic rings. The van der Waals surface area contributed by atoms with Gasteiger partial charge >= 0.3 is 0 Å². The van der Waals surface area contributed by atoms with Crippen molar-refractivity contribution in [1.29, 1.82) is 0 Å². The molecule has 6 rings (SSSR count). The lowest BCUT2D eigenvalue weighted by Crippen LogP contribution is -2.31. The van der Waals surface area contributed by atoms with E-state index in [1.165, 1.54) is 70.5 Å². The minimum Gasteiger partial charge on any atom is -0.395 e. The van der Waals surface area contributed by atoms with Crippen molar-refractivity contribution in [3.05, 3.63) is 89.5 Å². The fourth-order valence-electron chi connectivity index (χ4n) is 6.73. The molecule has 13 N–H and O–H groups in total. The third kappa shape index (κ3) is 17.0. The van der Waals surface area contributed by atoms with Crippen molar-refractivity contribution in [1.82, 2.24) is 29.9 Å². The van der Waals surface area contributed by atoms with E-state index in [1.54, 1.807) is 6.92 Å². The Morgan fingerprint density at radius 1 is 0.506 bits per heavy atom. The van der Waals surface area contributed by atoms with Crippen LogP contribution < -0.4 is 31.1 Å². The van der Waals surface area contributed by atoms with E-state index in [2.05, 4.69) is 65.6 Å². The number of aryl methyl sites for hydroxylation is 1. The molecule has 31 nitrogen and oxygen atoms in total. The predicted molar refractivity (Wildman–Crippen MR) is 276 cm³/mol. The van der Waals surface area contributed by atoms with E-state index in [1.807, 2.05) is 0 Å². The number of aromatic nitrogens is 6. The number of nitrogens with one attached hydrogen (secondary N) is 4. The third-order valence-electron chi connectivity index (χ3n) is 10.0. The molecule has 0 saturated carbocycles. The van der Waals surface area contributed by atoms with Crippen molar-refractivity contribution >= 4 is 125 Å². The minimum atomic E-state index is -4.99. The average molecular weight is 1170 g/mol. The summed E-state index contributed by atoms with van der Waals surface area (Å²) in [5, 5.41) is 75.5. The number of rotatable bonds is 29. The summed E-state index contributed by atoms with van der Waals surface area (Å²) < 4.78 is 114. The van der Waals surface area contributed by atoms with E-state index in [-0.39, 0.29) is 100.0 Å². The van der Waals surface area contributed by atoms with Gasteiger partial charge in [-0.05, 0) is 78.2 Å². The molecule has 414 valence electrons. The first-order chi connectivity index (χ1) is 36.6. The smallest absolute Gasteiger partial charge is 0.296 e. The molecule has 0 radical (unpaired) electrons. The van der Waals surface area contributed by atoms with Gasteiger partial charge in [0.15, 0.2) is 0 Å². The van der Waals surface area contributed by atoms with Crippen LogP contribution in [0.3, 0.4) is 0 Å². The van der Waals surface area contributed by atoms with Crippen molar-refractivity contribution < 1.29 is 88.6 Å². The van der Waals surface area contributed by atoms with Crippen LogP contribution in [0.1, 0.15) is 16.7 Å². The monoisotopic (exact) mass is 1170 g/mol. The maximum absolute atomic E-state index is 12.9. The molecule has 0 unspecified atom stereocenters. The topological polar surface area (TPSA) is 453 Å². The van der Waals surface area contributed by atoms with E-state index < -0.39 is 71.5 Å². The lowest BCUT2D eigenvalue weighted by Gasteiger charge is -2.22. The summed E-state index contributed by atoms with van der Waals surface area (Å²) in [4.78, 5) is 27.4. The van der Waals surface area contributed by atoms with E-state index in [9.17, 15) is 59.3 Å². The fourth-order valence-corrected chi connectivity index (χ4v) is 9.51. The largest absolute Gasteiger partial charge is 0.395 e. The van der Waals surface area contributed by atoms with E-state index in [4.69, 9.17) is 14.8 Å². The van der Waals surface area contributed by atoms with Crippen molar-refractivity contribution in [2.24, 2.45) is 0 Å². The molecular formula is C41H46N12O19S5. The Morgan fingerprint density at radius 2 is 0.974 bits per heavy atom. The minimum absolute atomic E-state index is 0.00459. The molecule has 2 heterocycles. The Kier molecular flexibility index (Phi) is 21.1. The molecule has 4 aromatic carbocycles. The molecule has 0 amide bonds. The Labute approximate surface area is 446 Å². The van der Waals surface area contributed by atoms with E-state index in [0.717, 1.165) is 24.3 Å². The quantitative estimate of drug-likeness (QED) is 0.0105. The first kappa shape index (κ1) is 59.7. The molecule has 0 atom stereocenters. The van der Waals surface area contributed by atoms with Crippen molar-refractivity contribution in [2.75, 3.05) is 83.7 Å². The summed E-state index contributed by atoms with van der Waals surface area (Å²) in [5.41, 5.74) is 0.845. The highest BCUT2D eigenvalue weighted by Gasteiger charge is 2.22. The number of hydrogen-bond donors (Lipinski definition) is 13. The molecule has 0 fully saturated rings. The average Bonchev–Trinajstić information content (AvgIpc) is 3.37. The maximum Gasteiger partial charge on any atom is 0.296 e. The first-order valence-electron chi connectivity index (χ1n) is 21.6.